The maximum Gasteiger partial charge on any atom is 0.338 e. The van der Waals surface area contributed by atoms with Crippen LogP contribution < -0.4 is 15.2 Å². The molecule has 1 unspecified atom stereocenters. The molecule has 2 aliphatic rings. The number of aryl methyl sites for hydroxylation is 1. The Bertz CT molecular complexity index is 1470. The van der Waals surface area contributed by atoms with Crippen LogP contribution in [0.3, 0.4) is 0 Å². The predicted octanol–water partition coefficient (Wildman–Crippen LogP) is 4.83. The summed E-state index contributed by atoms with van der Waals surface area (Å²) in [5.74, 6) is -0.504. The highest BCUT2D eigenvalue weighted by molar-refractivity contribution is 7.99. The largest absolute Gasteiger partial charge is 0.493 e. The average molecular weight is 561 g/mol. The first-order valence-corrected chi connectivity index (χ1v) is 14.2. The molecule has 0 amide bonds. The number of carbonyl (C=O) groups excluding carboxylic acids is 1. The Morgan fingerprint density at radius 3 is 2.52 bits per heavy atom. The molecule has 0 fully saturated rings. The van der Waals surface area contributed by atoms with Gasteiger partial charge in [0, 0.05) is 11.3 Å². The quantitative estimate of drug-likeness (QED) is 0.335. The lowest BCUT2D eigenvalue weighted by atomic mass is 9.82. The smallest absolute Gasteiger partial charge is 0.338 e. The molecule has 1 aromatic carbocycles. The molecule has 1 aliphatic heterocycles. The van der Waals surface area contributed by atoms with Crippen molar-refractivity contribution >= 4 is 17.7 Å². The summed E-state index contributed by atoms with van der Waals surface area (Å²) >= 11 is 1.30. The van der Waals surface area contributed by atoms with Crippen LogP contribution in [0.2, 0.25) is 0 Å². The van der Waals surface area contributed by atoms with Crippen LogP contribution in [-0.2, 0) is 33.5 Å². The molecule has 1 atom stereocenters. The molecule has 208 valence electrons. The molecule has 4 rings (SSSR count). The SMILES string of the molecule is CCOC(=O)C1=C(CSc2nc(CC)c3c(c2C#N)CCCC3)OC(N)=C(C#N)C1c1cccc(OC)c1OC. The van der Waals surface area contributed by atoms with Gasteiger partial charge < -0.3 is 24.7 Å². The minimum absolute atomic E-state index is 0.0567. The lowest BCUT2D eigenvalue weighted by molar-refractivity contribution is -0.139. The van der Waals surface area contributed by atoms with Crippen LogP contribution in [-0.4, -0.2) is 37.5 Å². The molecule has 40 heavy (non-hydrogen) atoms. The zero-order valence-corrected chi connectivity index (χ0v) is 23.9. The maximum absolute atomic E-state index is 13.5. The molecular weight excluding hydrogens is 528 g/mol. The highest BCUT2D eigenvalue weighted by Gasteiger charge is 2.40. The van der Waals surface area contributed by atoms with E-state index in [0.717, 1.165) is 43.4 Å². The molecule has 2 N–H and O–H groups in total. The number of carbonyl (C=O) groups is 1. The molecule has 0 saturated heterocycles. The van der Waals surface area contributed by atoms with Crippen molar-refractivity contribution in [2.75, 3.05) is 26.6 Å². The molecule has 0 spiro atoms. The van der Waals surface area contributed by atoms with Gasteiger partial charge in [0.25, 0.3) is 0 Å². The summed E-state index contributed by atoms with van der Waals surface area (Å²) in [6.07, 6.45) is 4.64. The standard InChI is InChI=1S/C30H32N4O5S/c1-5-22-18-11-8-7-10-17(18)20(14-31)29(34-22)40-16-24-26(30(35)38-6-2)25(21(15-32)28(33)39-24)19-12-9-13-23(36-3)27(19)37-4/h9,12-13,25H,5-8,10-11,16,33H2,1-4H3. The van der Waals surface area contributed by atoms with Gasteiger partial charge in [0.15, 0.2) is 11.5 Å². The summed E-state index contributed by atoms with van der Waals surface area (Å²) in [5.41, 5.74) is 10.8. The predicted molar refractivity (Wildman–Crippen MR) is 150 cm³/mol. The number of para-hydroxylation sites is 1. The number of benzene rings is 1. The van der Waals surface area contributed by atoms with E-state index in [-0.39, 0.29) is 35.1 Å². The van der Waals surface area contributed by atoms with Gasteiger partial charge in [0.2, 0.25) is 5.88 Å². The Hall–Kier alpha value is -4.15. The van der Waals surface area contributed by atoms with Gasteiger partial charge in [0.1, 0.15) is 28.5 Å². The van der Waals surface area contributed by atoms with E-state index in [1.807, 2.05) is 0 Å². The second-order valence-corrected chi connectivity index (χ2v) is 10.2. The van der Waals surface area contributed by atoms with Gasteiger partial charge >= 0.3 is 5.97 Å². The van der Waals surface area contributed by atoms with E-state index in [2.05, 4.69) is 19.1 Å². The number of hydrogen-bond acceptors (Lipinski definition) is 10. The summed E-state index contributed by atoms with van der Waals surface area (Å²) in [6, 6.07) is 9.69. The molecule has 2 heterocycles. The first kappa shape index (κ1) is 28.8. The van der Waals surface area contributed by atoms with Gasteiger partial charge in [-0.3, -0.25) is 0 Å². The highest BCUT2D eigenvalue weighted by atomic mass is 32.2. The fourth-order valence-corrected chi connectivity index (χ4v) is 6.30. The first-order valence-electron chi connectivity index (χ1n) is 13.2. The normalized spacial score (nSPS) is 16.4. The molecule has 2 aromatic rings. The number of esters is 1. The van der Waals surface area contributed by atoms with Crippen LogP contribution in [0.5, 0.6) is 11.5 Å². The van der Waals surface area contributed by atoms with Crippen LogP contribution in [0.25, 0.3) is 0 Å². The minimum Gasteiger partial charge on any atom is -0.493 e. The Labute approximate surface area is 238 Å². The van der Waals surface area contributed by atoms with Gasteiger partial charge in [0.05, 0.1) is 43.6 Å². The molecule has 0 bridgehead atoms. The third kappa shape index (κ3) is 5.32. The first-order chi connectivity index (χ1) is 19.4. The number of nitriles is 2. The van der Waals surface area contributed by atoms with Crippen molar-refractivity contribution in [2.24, 2.45) is 5.73 Å². The Balaban J connectivity index is 1.85. The molecule has 1 aliphatic carbocycles. The van der Waals surface area contributed by atoms with Gasteiger partial charge in [-0.25, -0.2) is 9.78 Å². The second-order valence-electron chi connectivity index (χ2n) is 9.22. The number of allylic oxidation sites excluding steroid dienone is 1. The van der Waals surface area contributed by atoms with Gasteiger partial charge in [-0.1, -0.05) is 30.8 Å². The third-order valence-corrected chi connectivity index (χ3v) is 8.07. The second kappa shape index (κ2) is 12.8. The van der Waals surface area contributed by atoms with E-state index < -0.39 is 11.9 Å². The number of pyridine rings is 1. The number of fused-ring (bicyclic) bond motifs is 1. The van der Waals surface area contributed by atoms with Crippen molar-refractivity contribution in [2.45, 2.75) is 56.9 Å². The topological polar surface area (TPSA) is 140 Å². The van der Waals surface area contributed by atoms with Crippen molar-refractivity contribution in [3.05, 3.63) is 68.9 Å². The van der Waals surface area contributed by atoms with E-state index >= 15 is 0 Å². The van der Waals surface area contributed by atoms with E-state index in [1.165, 1.54) is 31.5 Å². The molecule has 0 radical (unpaired) electrons. The summed E-state index contributed by atoms with van der Waals surface area (Å²) < 4.78 is 22.5. The fourth-order valence-electron chi connectivity index (χ4n) is 5.33. The number of methoxy groups -OCH3 is 2. The zero-order valence-electron chi connectivity index (χ0n) is 23.1. The number of hydrogen-bond donors (Lipinski definition) is 1. The summed E-state index contributed by atoms with van der Waals surface area (Å²) in [6.45, 7) is 3.89. The van der Waals surface area contributed by atoms with Crippen molar-refractivity contribution in [1.82, 2.24) is 4.98 Å². The number of aromatic nitrogens is 1. The number of ether oxygens (including phenoxy) is 4. The monoisotopic (exact) mass is 560 g/mol. The lowest BCUT2D eigenvalue weighted by Crippen LogP contribution is -2.27. The maximum atomic E-state index is 13.5. The van der Waals surface area contributed by atoms with Crippen molar-refractivity contribution in [3.8, 4) is 23.6 Å². The Morgan fingerprint density at radius 1 is 1.15 bits per heavy atom. The summed E-state index contributed by atoms with van der Waals surface area (Å²) in [5, 5.41) is 20.7. The van der Waals surface area contributed by atoms with Gasteiger partial charge in [-0.15, -0.1) is 0 Å². The van der Waals surface area contributed by atoms with Crippen LogP contribution in [0.1, 0.15) is 60.6 Å². The molecule has 1 aromatic heterocycles. The van der Waals surface area contributed by atoms with Crippen LogP contribution in [0.15, 0.2) is 46.0 Å². The Kier molecular flexibility index (Phi) is 9.23. The number of thioether (sulfide) groups is 1. The van der Waals surface area contributed by atoms with Crippen LogP contribution >= 0.6 is 11.8 Å². The Morgan fingerprint density at radius 2 is 1.90 bits per heavy atom. The van der Waals surface area contributed by atoms with Crippen molar-refractivity contribution < 1.29 is 23.7 Å². The van der Waals surface area contributed by atoms with Crippen molar-refractivity contribution in [3.63, 3.8) is 0 Å². The fraction of sp³-hybridized carbons (Fsp3) is 0.400. The van der Waals surface area contributed by atoms with Gasteiger partial charge in [-0.2, -0.15) is 10.5 Å². The number of nitrogens with zero attached hydrogens (tertiary/aromatic N) is 3. The lowest BCUT2D eigenvalue weighted by Gasteiger charge is -2.29. The molecular formula is C30H32N4O5S. The molecule has 10 heteroatoms. The average Bonchev–Trinajstić information content (AvgIpc) is 2.98. The van der Waals surface area contributed by atoms with Gasteiger partial charge in [-0.05, 0) is 56.2 Å². The molecule has 9 nitrogen and oxygen atoms in total. The molecule has 0 saturated carbocycles. The minimum atomic E-state index is -0.920. The zero-order chi connectivity index (χ0) is 28.8. The van der Waals surface area contributed by atoms with E-state index in [4.69, 9.17) is 29.7 Å². The van der Waals surface area contributed by atoms with E-state index in [0.29, 0.717) is 27.7 Å². The van der Waals surface area contributed by atoms with Crippen molar-refractivity contribution in [1.29, 1.82) is 10.5 Å². The summed E-state index contributed by atoms with van der Waals surface area (Å²) in [7, 11) is 2.99. The number of rotatable bonds is 9. The van der Waals surface area contributed by atoms with Crippen LogP contribution in [0, 0.1) is 22.7 Å². The summed E-state index contributed by atoms with van der Waals surface area (Å²) in [4.78, 5) is 18.3. The van der Waals surface area contributed by atoms with E-state index in [9.17, 15) is 15.3 Å². The third-order valence-electron chi connectivity index (χ3n) is 7.09. The highest BCUT2D eigenvalue weighted by Crippen LogP contribution is 2.46. The number of nitrogens with two attached hydrogens (primary N) is 1. The van der Waals surface area contributed by atoms with E-state index in [1.54, 1.807) is 25.1 Å². The van der Waals surface area contributed by atoms with Crippen LogP contribution in [0.4, 0.5) is 0 Å².